The van der Waals surface area contributed by atoms with Gasteiger partial charge >= 0.3 is 5.97 Å². The molecular formula is C27H30IN3O5. The first-order chi connectivity index (χ1) is 17.4. The van der Waals surface area contributed by atoms with Crippen molar-refractivity contribution in [3.05, 3.63) is 61.7 Å². The number of fused-ring (bicyclic) bond motifs is 1. The second-order valence-corrected chi connectivity index (χ2v) is 10.2. The Hall–Kier alpha value is -2.95. The van der Waals surface area contributed by atoms with Gasteiger partial charge in [0.15, 0.2) is 18.1 Å². The molecular weight excluding hydrogens is 573 g/mol. The number of nitrogens with zero attached hydrogens (tertiary/aromatic N) is 3. The van der Waals surface area contributed by atoms with Crippen LogP contribution in [0.25, 0.3) is 10.9 Å². The third kappa shape index (κ3) is 6.05. The largest absolute Gasteiger partial charge is 0.493 e. The van der Waals surface area contributed by atoms with Gasteiger partial charge in [-0.25, -0.2) is 9.78 Å². The Bertz CT molecular complexity index is 1330. The Balaban J connectivity index is 1.67. The van der Waals surface area contributed by atoms with Gasteiger partial charge in [0.2, 0.25) is 0 Å². The molecule has 0 amide bonds. The van der Waals surface area contributed by atoms with Gasteiger partial charge in [0.1, 0.15) is 5.82 Å². The van der Waals surface area contributed by atoms with E-state index in [0.717, 1.165) is 34.8 Å². The van der Waals surface area contributed by atoms with Crippen LogP contribution < -0.4 is 15.0 Å². The first-order valence-electron chi connectivity index (χ1n) is 12.1. The van der Waals surface area contributed by atoms with E-state index in [0.29, 0.717) is 28.2 Å². The van der Waals surface area contributed by atoms with E-state index in [4.69, 9.17) is 19.2 Å². The summed E-state index contributed by atoms with van der Waals surface area (Å²) in [6, 6.07) is 11.0. The number of ether oxygens (including phenoxy) is 3. The Morgan fingerprint density at radius 3 is 2.69 bits per heavy atom. The number of halogens is 1. The highest BCUT2D eigenvalue weighted by Crippen LogP contribution is 2.34. The summed E-state index contributed by atoms with van der Waals surface area (Å²) in [6.07, 6.45) is 6.86. The van der Waals surface area contributed by atoms with Crippen LogP contribution in [0.5, 0.6) is 11.5 Å². The fraction of sp³-hybridized carbons (Fsp3) is 0.407. The van der Waals surface area contributed by atoms with E-state index in [1.807, 2.05) is 24.3 Å². The van der Waals surface area contributed by atoms with Gasteiger partial charge in [-0.15, -0.1) is 0 Å². The zero-order valence-electron chi connectivity index (χ0n) is 20.7. The fourth-order valence-electron chi connectivity index (χ4n) is 4.38. The number of rotatable bonds is 8. The van der Waals surface area contributed by atoms with Gasteiger partial charge in [-0.2, -0.15) is 9.78 Å². The third-order valence-electron chi connectivity index (χ3n) is 6.02. The standard InChI is InChI=1S/C27H30IN3O5/c1-17(2)36-24(32)16-35-25-21(28)13-18(14-23(25)34-3)15-29-31-26(19-9-5-4-6-10-19)30-22-12-8-7-11-20(22)27(31)33/h7-8,11-15,17,19H,4-6,9-10,16H2,1-3H3. The van der Waals surface area contributed by atoms with Crippen LogP contribution in [0, 0.1) is 3.57 Å². The van der Waals surface area contributed by atoms with Gasteiger partial charge in [0.25, 0.3) is 5.56 Å². The minimum absolute atomic E-state index is 0.178. The molecule has 1 aliphatic carbocycles. The quantitative estimate of drug-likeness (QED) is 0.198. The van der Waals surface area contributed by atoms with Crippen LogP contribution in [-0.4, -0.2) is 41.7 Å². The Kier molecular flexibility index (Phi) is 8.60. The normalized spacial score (nSPS) is 14.5. The average Bonchev–Trinajstić information content (AvgIpc) is 2.87. The summed E-state index contributed by atoms with van der Waals surface area (Å²) in [4.78, 5) is 30.2. The molecule has 190 valence electrons. The molecule has 0 N–H and O–H groups in total. The topological polar surface area (TPSA) is 92.0 Å². The van der Waals surface area contributed by atoms with Crippen molar-refractivity contribution in [2.24, 2.45) is 5.10 Å². The van der Waals surface area contributed by atoms with Gasteiger partial charge in [-0.05, 0) is 79.1 Å². The molecule has 0 spiro atoms. The van der Waals surface area contributed by atoms with E-state index in [1.165, 1.54) is 18.2 Å². The lowest BCUT2D eigenvalue weighted by molar-refractivity contribution is -0.149. The Morgan fingerprint density at radius 1 is 1.22 bits per heavy atom. The summed E-state index contributed by atoms with van der Waals surface area (Å²) in [7, 11) is 1.53. The highest BCUT2D eigenvalue weighted by Gasteiger charge is 2.22. The lowest BCUT2D eigenvalue weighted by atomic mass is 9.88. The van der Waals surface area contributed by atoms with E-state index < -0.39 is 5.97 Å². The fourth-order valence-corrected chi connectivity index (χ4v) is 5.17. The maximum atomic E-state index is 13.4. The number of para-hydroxylation sites is 1. The number of aromatic nitrogens is 2. The summed E-state index contributed by atoms with van der Waals surface area (Å²) in [5, 5.41) is 5.14. The number of carbonyl (C=O) groups is 1. The summed E-state index contributed by atoms with van der Waals surface area (Å²) >= 11 is 2.12. The number of esters is 1. The predicted molar refractivity (Wildman–Crippen MR) is 147 cm³/mol. The molecule has 36 heavy (non-hydrogen) atoms. The molecule has 4 rings (SSSR count). The van der Waals surface area contributed by atoms with E-state index in [1.54, 1.807) is 32.2 Å². The molecule has 0 atom stereocenters. The zero-order chi connectivity index (χ0) is 25.7. The highest BCUT2D eigenvalue weighted by molar-refractivity contribution is 14.1. The van der Waals surface area contributed by atoms with E-state index in [-0.39, 0.29) is 24.2 Å². The van der Waals surface area contributed by atoms with E-state index >= 15 is 0 Å². The zero-order valence-corrected chi connectivity index (χ0v) is 22.9. The van der Waals surface area contributed by atoms with Crippen molar-refractivity contribution in [3.63, 3.8) is 0 Å². The number of methoxy groups -OCH3 is 1. The molecule has 1 saturated carbocycles. The molecule has 2 aromatic carbocycles. The number of benzene rings is 2. The summed E-state index contributed by atoms with van der Waals surface area (Å²) in [6.45, 7) is 3.35. The molecule has 1 fully saturated rings. The van der Waals surface area contributed by atoms with Gasteiger partial charge in [-0.3, -0.25) is 4.79 Å². The summed E-state index contributed by atoms with van der Waals surface area (Å²) in [5.74, 6) is 1.36. The second kappa shape index (κ2) is 11.9. The second-order valence-electron chi connectivity index (χ2n) is 9.05. The van der Waals surface area contributed by atoms with Gasteiger partial charge in [0.05, 0.1) is 33.9 Å². The number of carbonyl (C=O) groups excluding carboxylic acids is 1. The predicted octanol–water partition coefficient (Wildman–Crippen LogP) is 5.27. The minimum atomic E-state index is -0.452. The Morgan fingerprint density at radius 2 is 1.97 bits per heavy atom. The van der Waals surface area contributed by atoms with Crippen LogP contribution in [-0.2, 0) is 9.53 Å². The van der Waals surface area contributed by atoms with Gasteiger partial charge in [0, 0.05) is 5.92 Å². The molecule has 9 heteroatoms. The molecule has 0 bridgehead atoms. The summed E-state index contributed by atoms with van der Waals surface area (Å²) < 4.78 is 18.5. The molecule has 8 nitrogen and oxygen atoms in total. The molecule has 0 radical (unpaired) electrons. The SMILES string of the molecule is COc1cc(C=Nn2c(C3CCCCC3)nc3ccccc3c2=O)cc(I)c1OCC(=O)OC(C)C. The lowest BCUT2D eigenvalue weighted by Gasteiger charge is -2.22. The minimum Gasteiger partial charge on any atom is -0.493 e. The van der Waals surface area contributed by atoms with Crippen molar-refractivity contribution in [2.75, 3.05) is 13.7 Å². The molecule has 1 aliphatic rings. The van der Waals surface area contributed by atoms with Crippen LogP contribution in [0.4, 0.5) is 0 Å². The van der Waals surface area contributed by atoms with Crippen LogP contribution in [0.15, 0.2) is 46.3 Å². The van der Waals surface area contributed by atoms with Crippen molar-refractivity contribution >= 4 is 45.7 Å². The smallest absolute Gasteiger partial charge is 0.344 e. The average molecular weight is 603 g/mol. The molecule has 3 aromatic rings. The summed E-state index contributed by atoms with van der Waals surface area (Å²) in [5.41, 5.74) is 1.24. The molecule has 1 heterocycles. The first-order valence-corrected chi connectivity index (χ1v) is 13.2. The first kappa shape index (κ1) is 26.1. The van der Waals surface area contributed by atoms with Crippen molar-refractivity contribution in [3.8, 4) is 11.5 Å². The maximum Gasteiger partial charge on any atom is 0.344 e. The molecule has 0 unspecified atom stereocenters. The molecule has 1 aromatic heterocycles. The number of hydrogen-bond donors (Lipinski definition) is 0. The van der Waals surface area contributed by atoms with Crippen LogP contribution in [0.3, 0.4) is 0 Å². The number of hydrogen-bond acceptors (Lipinski definition) is 7. The monoisotopic (exact) mass is 603 g/mol. The van der Waals surface area contributed by atoms with E-state index in [9.17, 15) is 9.59 Å². The molecule has 0 saturated heterocycles. The van der Waals surface area contributed by atoms with Gasteiger partial charge < -0.3 is 14.2 Å². The van der Waals surface area contributed by atoms with Crippen molar-refractivity contribution in [1.29, 1.82) is 0 Å². The van der Waals surface area contributed by atoms with Crippen molar-refractivity contribution < 1.29 is 19.0 Å². The Labute approximate surface area is 223 Å². The highest BCUT2D eigenvalue weighted by atomic mass is 127. The van der Waals surface area contributed by atoms with Crippen LogP contribution >= 0.6 is 22.6 Å². The lowest BCUT2D eigenvalue weighted by Crippen LogP contribution is -2.25. The van der Waals surface area contributed by atoms with E-state index in [2.05, 4.69) is 27.7 Å². The van der Waals surface area contributed by atoms with Gasteiger partial charge in [-0.1, -0.05) is 31.4 Å². The van der Waals surface area contributed by atoms with Crippen molar-refractivity contribution in [2.45, 2.75) is 58.0 Å². The van der Waals surface area contributed by atoms with Crippen LogP contribution in [0.2, 0.25) is 0 Å². The molecule has 0 aliphatic heterocycles. The van der Waals surface area contributed by atoms with Crippen molar-refractivity contribution in [1.82, 2.24) is 9.66 Å². The van der Waals surface area contributed by atoms with Crippen LogP contribution in [0.1, 0.15) is 63.3 Å². The maximum absolute atomic E-state index is 13.4. The third-order valence-corrected chi connectivity index (χ3v) is 6.83.